The lowest BCUT2D eigenvalue weighted by Gasteiger charge is -2.05. The van der Waals surface area contributed by atoms with Crippen molar-refractivity contribution in [2.24, 2.45) is 5.10 Å². The Labute approximate surface area is 143 Å². The third-order valence-corrected chi connectivity index (χ3v) is 3.65. The Balaban J connectivity index is 1.69. The van der Waals surface area contributed by atoms with Gasteiger partial charge in [-0.05, 0) is 48.9 Å². The molecule has 0 bridgehead atoms. The molecule has 120 valence electrons. The molecule has 6 nitrogen and oxygen atoms in total. The van der Waals surface area contributed by atoms with Crippen molar-refractivity contribution < 1.29 is 4.79 Å². The number of benzene rings is 2. The summed E-state index contributed by atoms with van der Waals surface area (Å²) in [6.45, 7) is 1.83. The van der Waals surface area contributed by atoms with Crippen LogP contribution in [0.2, 0.25) is 5.02 Å². The summed E-state index contributed by atoms with van der Waals surface area (Å²) in [5.41, 5.74) is 5.53. The van der Waals surface area contributed by atoms with Crippen molar-refractivity contribution >= 4 is 23.2 Å². The van der Waals surface area contributed by atoms with Crippen molar-refractivity contribution in [1.82, 2.24) is 20.2 Å². The van der Waals surface area contributed by atoms with Crippen molar-refractivity contribution in [2.45, 2.75) is 6.92 Å². The number of amides is 1. The molecule has 0 fully saturated rings. The Bertz CT molecular complexity index is 855. The molecule has 2 aromatic carbocycles. The number of aromatic nitrogens is 3. The molecule has 0 aliphatic carbocycles. The van der Waals surface area contributed by atoms with Crippen LogP contribution in [-0.2, 0) is 0 Å². The van der Waals surface area contributed by atoms with Crippen molar-refractivity contribution in [2.75, 3.05) is 0 Å². The summed E-state index contributed by atoms with van der Waals surface area (Å²) in [4.78, 5) is 15.9. The number of hydrogen-bond donors (Lipinski definition) is 1. The molecule has 0 spiro atoms. The van der Waals surface area contributed by atoms with Crippen LogP contribution in [0.3, 0.4) is 0 Å². The lowest BCUT2D eigenvalue weighted by atomic mass is 10.1. The molecule has 1 N–H and O–H groups in total. The van der Waals surface area contributed by atoms with Gasteiger partial charge in [0.2, 0.25) is 0 Å². The summed E-state index contributed by atoms with van der Waals surface area (Å²) >= 11 is 5.80. The second kappa shape index (κ2) is 7.06. The molecule has 3 aromatic rings. The third-order valence-electron chi connectivity index (χ3n) is 3.40. The second-order valence-electron chi connectivity index (χ2n) is 5.03. The minimum Gasteiger partial charge on any atom is -0.267 e. The first-order valence-corrected chi connectivity index (χ1v) is 7.57. The van der Waals surface area contributed by atoms with Gasteiger partial charge in [-0.25, -0.2) is 15.1 Å². The smallest absolute Gasteiger partial charge is 0.267 e. The third kappa shape index (κ3) is 3.67. The summed E-state index contributed by atoms with van der Waals surface area (Å²) in [5, 5.41) is 8.79. The fraction of sp³-hybridized carbons (Fsp3) is 0.0588. The number of nitrogens with one attached hydrogen (secondary N) is 1. The molecule has 1 amide bonds. The predicted molar refractivity (Wildman–Crippen MR) is 92.5 cm³/mol. The number of rotatable bonds is 4. The van der Waals surface area contributed by atoms with Gasteiger partial charge in [-0.15, -0.1) is 0 Å². The predicted octanol–water partition coefficient (Wildman–Crippen LogP) is 3.07. The summed E-state index contributed by atoms with van der Waals surface area (Å²) in [5.74, 6) is -0.287. The first-order chi connectivity index (χ1) is 11.6. The zero-order valence-corrected chi connectivity index (χ0v) is 13.6. The first kappa shape index (κ1) is 15.9. The molecule has 0 radical (unpaired) electrons. The van der Waals surface area contributed by atoms with Crippen LogP contribution in [0.4, 0.5) is 0 Å². The fourth-order valence-corrected chi connectivity index (χ4v) is 2.19. The first-order valence-electron chi connectivity index (χ1n) is 7.19. The monoisotopic (exact) mass is 339 g/mol. The molecule has 0 unspecified atom stereocenters. The van der Waals surface area contributed by atoms with Crippen molar-refractivity contribution in [1.29, 1.82) is 0 Å². The Morgan fingerprint density at radius 2 is 1.75 bits per heavy atom. The maximum atomic E-state index is 12.0. The average Bonchev–Trinajstić information content (AvgIpc) is 3.15. The Morgan fingerprint density at radius 1 is 1.08 bits per heavy atom. The maximum Gasteiger partial charge on any atom is 0.271 e. The van der Waals surface area contributed by atoms with Crippen LogP contribution in [0.15, 0.2) is 66.3 Å². The minimum atomic E-state index is -0.287. The van der Waals surface area contributed by atoms with Crippen LogP contribution in [0.5, 0.6) is 0 Å². The number of hydrogen-bond acceptors (Lipinski definition) is 4. The normalized spacial score (nSPS) is 11.3. The molecule has 0 aliphatic heterocycles. The van der Waals surface area contributed by atoms with Gasteiger partial charge in [-0.1, -0.05) is 23.7 Å². The molecule has 24 heavy (non-hydrogen) atoms. The molecule has 0 saturated carbocycles. The van der Waals surface area contributed by atoms with E-state index in [1.54, 1.807) is 35.3 Å². The van der Waals surface area contributed by atoms with Gasteiger partial charge in [0.25, 0.3) is 5.91 Å². The maximum absolute atomic E-state index is 12.0. The van der Waals surface area contributed by atoms with Crippen molar-refractivity contribution in [3.8, 4) is 5.69 Å². The summed E-state index contributed by atoms with van der Waals surface area (Å²) in [6.07, 6.45) is 3.11. The van der Waals surface area contributed by atoms with Crippen LogP contribution >= 0.6 is 11.6 Å². The number of carbonyl (C=O) groups excluding carboxylic acids is 1. The van der Waals surface area contributed by atoms with E-state index in [0.29, 0.717) is 16.3 Å². The second-order valence-corrected chi connectivity index (χ2v) is 5.47. The Morgan fingerprint density at radius 3 is 2.38 bits per heavy atom. The fourth-order valence-electron chi connectivity index (χ4n) is 2.06. The highest BCUT2D eigenvalue weighted by molar-refractivity contribution is 6.30. The number of carbonyl (C=O) groups is 1. The van der Waals surface area contributed by atoms with E-state index in [9.17, 15) is 4.79 Å². The van der Waals surface area contributed by atoms with Gasteiger partial charge in [0.15, 0.2) is 0 Å². The van der Waals surface area contributed by atoms with E-state index in [1.165, 1.54) is 6.33 Å². The van der Waals surface area contributed by atoms with E-state index in [1.807, 2.05) is 31.2 Å². The van der Waals surface area contributed by atoms with Crippen LogP contribution in [0.25, 0.3) is 5.69 Å². The quantitative estimate of drug-likeness (QED) is 0.586. The summed E-state index contributed by atoms with van der Waals surface area (Å²) in [7, 11) is 0. The van der Waals surface area contributed by atoms with E-state index >= 15 is 0 Å². The molecule has 1 aromatic heterocycles. The van der Waals surface area contributed by atoms with Crippen molar-refractivity contribution in [3.63, 3.8) is 0 Å². The average molecular weight is 340 g/mol. The molecule has 0 aliphatic rings. The van der Waals surface area contributed by atoms with Crippen molar-refractivity contribution in [3.05, 3.63) is 77.3 Å². The zero-order chi connectivity index (χ0) is 16.9. The van der Waals surface area contributed by atoms with E-state index < -0.39 is 0 Å². The van der Waals surface area contributed by atoms with Gasteiger partial charge < -0.3 is 0 Å². The van der Waals surface area contributed by atoms with Crippen LogP contribution in [0, 0.1) is 0 Å². The minimum absolute atomic E-state index is 0.287. The van der Waals surface area contributed by atoms with Crippen LogP contribution in [-0.4, -0.2) is 26.4 Å². The van der Waals surface area contributed by atoms with E-state index in [-0.39, 0.29) is 5.91 Å². The highest BCUT2D eigenvalue weighted by Gasteiger charge is 2.05. The SMILES string of the molecule is C/C(=N\NC(=O)c1ccc(Cl)cc1)c1ccc(-n2cncn2)cc1. The van der Waals surface area contributed by atoms with Gasteiger partial charge in [0, 0.05) is 10.6 Å². The number of nitrogens with zero attached hydrogens (tertiary/aromatic N) is 4. The standard InChI is InChI=1S/C17H14ClN5O/c1-12(21-22-17(24)14-2-6-15(18)7-3-14)13-4-8-16(9-5-13)23-11-19-10-20-23/h2-11H,1H3,(H,22,24)/b21-12+. The Kier molecular flexibility index (Phi) is 4.67. The topological polar surface area (TPSA) is 72.2 Å². The highest BCUT2D eigenvalue weighted by Crippen LogP contribution is 2.10. The molecule has 1 heterocycles. The lowest BCUT2D eigenvalue weighted by Crippen LogP contribution is -2.19. The lowest BCUT2D eigenvalue weighted by molar-refractivity contribution is 0.0955. The van der Waals surface area contributed by atoms with Crippen LogP contribution < -0.4 is 5.43 Å². The summed E-state index contributed by atoms with van der Waals surface area (Å²) < 4.78 is 1.67. The molecule has 7 heteroatoms. The highest BCUT2D eigenvalue weighted by atomic mass is 35.5. The van der Waals surface area contributed by atoms with Gasteiger partial charge in [-0.3, -0.25) is 4.79 Å². The zero-order valence-electron chi connectivity index (χ0n) is 12.8. The summed E-state index contributed by atoms with van der Waals surface area (Å²) in [6, 6.07) is 14.2. The number of halogens is 1. The Hall–Kier alpha value is -2.99. The molecule has 0 saturated heterocycles. The van der Waals surface area contributed by atoms with Gasteiger partial charge in [-0.2, -0.15) is 10.2 Å². The molecule has 3 rings (SSSR count). The van der Waals surface area contributed by atoms with E-state index in [2.05, 4.69) is 20.6 Å². The molecular weight excluding hydrogens is 326 g/mol. The van der Waals surface area contributed by atoms with E-state index in [0.717, 1.165) is 11.3 Å². The van der Waals surface area contributed by atoms with E-state index in [4.69, 9.17) is 11.6 Å². The largest absolute Gasteiger partial charge is 0.271 e. The molecule has 0 atom stereocenters. The van der Waals surface area contributed by atoms with Crippen LogP contribution in [0.1, 0.15) is 22.8 Å². The molecular formula is C17H14ClN5O. The van der Waals surface area contributed by atoms with Gasteiger partial charge in [0.05, 0.1) is 11.4 Å². The number of hydrazone groups is 1. The van der Waals surface area contributed by atoms with Gasteiger partial charge >= 0.3 is 0 Å². The van der Waals surface area contributed by atoms with Gasteiger partial charge in [0.1, 0.15) is 12.7 Å².